The zero-order valence-corrected chi connectivity index (χ0v) is 15.7. The van der Waals surface area contributed by atoms with Crippen LogP contribution in [0.5, 0.6) is 0 Å². The first-order valence-electron chi connectivity index (χ1n) is 8.52. The van der Waals surface area contributed by atoms with Crippen LogP contribution in [0.1, 0.15) is 34.6 Å². The SMILES string of the molecule is COC(CNC(=O)CCCNC(=O)c1c(C)nc2c(C)cccn12)OC. The fourth-order valence-electron chi connectivity index (χ4n) is 2.67. The van der Waals surface area contributed by atoms with E-state index in [1.165, 1.54) is 14.2 Å². The first kappa shape index (κ1) is 19.9. The Hall–Kier alpha value is -2.45. The number of aryl methyl sites for hydroxylation is 2. The van der Waals surface area contributed by atoms with E-state index in [1.54, 1.807) is 4.40 Å². The summed E-state index contributed by atoms with van der Waals surface area (Å²) in [5, 5.41) is 5.57. The first-order valence-corrected chi connectivity index (χ1v) is 8.52. The predicted molar refractivity (Wildman–Crippen MR) is 97.0 cm³/mol. The summed E-state index contributed by atoms with van der Waals surface area (Å²) in [5.41, 5.74) is 2.99. The summed E-state index contributed by atoms with van der Waals surface area (Å²) in [7, 11) is 3.03. The minimum Gasteiger partial charge on any atom is -0.354 e. The maximum atomic E-state index is 12.5. The van der Waals surface area contributed by atoms with Crippen molar-refractivity contribution in [3.8, 4) is 0 Å². The van der Waals surface area contributed by atoms with E-state index in [0.717, 1.165) is 11.2 Å². The van der Waals surface area contributed by atoms with Crippen molar-refractivity contribution in [2.75, 3.05) is 27.3 Å². The van der Waals surface area contributed by atoms with Gasteiger partial charge in [-0.3, -0.25) is 14.0 Å². The number of carbonyl (C=O) groups excluding carboxylic acids is 2. The van der Waals surface area contributed by atoms with Gasteiger partial charge in [0.25, 0.3) is 5.91 Å². The van der Waals surface area contributed by atoms with E-state index < -0.39 is 6.29 Å². The fourth-order valence-corrected chi connectivity index (χ4v) is 2.67. The molecular formula is C18H26N4O4. The number of ether oxygens (including phenoxy) is 2. The molecule has 0 spiro atoms. The number of hydrogen-bond donors (Lipinski definition) is 2. The number of rotatable bonds is 9. The van der Waals surface area contributed by atoms with Crippen LogP contribution in [-0.2, 0) is 14.3 Å². The van der Waals surface area contributed by atoms with Gasteiger partial charge < -0.3 is 20.1 Å². The van der Waals surface area contributed by atoms with Gasteiger partial charge >= 0.3 is 0 Å². The maximum Gasteiger partial charge on any atom is 0.270 e. The van der Waals surface area contributed by atoms with Crippen LogP contribution in [-0.4, -0.2) is 54.8 Å². The molecule has 2 aromatic rings. The van der Waals surface area contributed by atoms with Crippen molar-refractivity contribution >= 4 is 17.5 Å². The molecule has 0 aromatic carbocycles. The van der Waals surface area contributed by atoms with Crippen LogP contribution in [0.4, 0.5) is 0 Å². The van der Waals surface area contributed by atoms with Crippen LogP contribution in [0, 0.1) is 13.8 Å². The molecule has 0 radical (unpaired) electrons. The van der Waals surface area contributed by atoms with Gasteiger partial charge in [-0.2, -0.15) is 0 Å². The molecule has 0 saturated heterocycles. The number of imidazole rings is 1. The number of amides is 2. The van der Waals surface area contributed by atoms with E-state index >= 15 is 0 Å². The van der Waals surface area contributed by atoms with Crippen LogP contribution < -0.4 is 10.6 Å². The minimum atomic E-state index is -0.458. The van der Waals surface area contributed by atoms with Gasteiger partial charge in [0, 0.05) is 33.4 Å². The Morgan fingerprint density at radius 3 is 2.65 bits per heavy atom. The summed E-state index contributed by atoms with van der Waals surface area (Å²) in [4.78, 5) is 28.7. The van der Waals surface area contributed by atoms with Crippen molar-refractivity contribution in [1.29, 1.82) is 0 Å². The molecule has 142 valence electrons. The topological polar surface area (TPSA) is 94.0 Å². The van der Waals surface area contributed by atoms with Crippen LogP contribution >= 0.6 is 0 Å². The lowest BCUT2D eigenvalue weighted by molar-refractivity contribution is -0.127. The molecule has 26 heavy (non-hydrogen) atoms. The molecule has 0 bridgehead atoms. The third kappa shape index (κ3) is 4.80. The average molecular weight is 362 g/mol. The number of hydrogen-bond acceptors (Lipinski definition) is 5. The Morgan fingerprint density at radius 2 is 1.96 bits per heavy atom. The molecule has 0 aliphatic rings. The Labute approximate surface area is 152 Å². The normalized spacial score (nSPS) is 11.1. The number of methoxy groups -OCH3 is 2. The largest absolute Gasteiger partial charge is 0.354 e. The Morgan fingerprint density at radius 1 is 1.23 bits per heavy atom. The molecule has 0 aliphatic carbocycles. The van der Waals surface area contributed by atoms with Crippen LogP contribution in [0.25, 0.3) is 5.65 Å². The Kier molecular flexibility index (Phi) is 7.11. The van der Waals surface area contributed by atoms with E-state index in [4.69, 9.17) is 9.47 Å². The number of nitrogens with zero attached hydrogens (tertiary/aromatic N) is 2. The highest BCUT2D eigenvalue weighted by Crippen LogP contribution is 2.15. The lowest BCUT2D eigenvalue weighted by Gasteiger charge is -2.14. The molecule has 0 unspecified atom stereocenters. The second-order valence-corrected chi connectivity index (χ2v) is 6.00. The highest BCUT2D eigenvalue weighted by Gasteiger charge is 2.17. The number of pyridine rings is 1. The van der Waals surface area contributed by atoms with E-state index in [2.05, 4.69) is 15.6 Å². The standard InChI is InChI=1S/C18H26N4O4/c1-12-7-6-10-22-16(13(2)21-17(12)22)18(24)19-9-5-8-14(23)20-11-15(25-3)26-4/h6-7,10,15H,5,8-9,11H2,1-4H3,(H,19,24)(H,20,23). The minimum absolute atomic E-state index is 0.111. The Bertz CT molecular complexity index is 768. The van der Waals surface area contributed by atoms with Crippen molar-refractivity contribution in [3.05, 3.63) is 35.3 Å². The van der Waals surface area contributed by atoms with Crippen molar-refractivity contribution in [3.63, 3.8) is 0 Å². The summed E-state index contributed by atoms with van der Waals surface area (Å²) < 4.78 is 11.8. The molecule has 2 heterocycles. The van der Waals surface area contributed by atoms with Gasteiger partial charge in [-0.25, -0.2) is 4.98 Å². The molecule has 0 aliphatic heterocycles. The third-order valence-electron chi connectivity index (χ3n) is 4.09. The summed E-state index contributed by atoms with van der Waals surface area (Å²) in [5.74, 6) is -0.306. The lowest BCUT2D eigenvalue weighted by atomic mass is 10.2. The molecule has 8 heteroatoms. The van der Waals surface area contributed by atoms with Crippen LogP contribution in [0.2, 0.25) is 0 Å². The average Bonchev–Trinajstić information content (AvgIpc) is 2.97. The summed E-state index contributed by atoms with van der Waals surface area (Å²) in [6.45, 7) is 4.47. The molecule has 8 nitrogen and oxygen atoms in total. The van der Waals surface area contributed by atoms with E-state index in [-0.39, 0.29) is 11.8 Å². The van der Waals surface area contributed by atoms with Gasteiger partial charge in [0.05, 0.1) is 12.2 Å². The van der Waals surface area contributed by atoms with Gasteiger partial charge in [0.15, 0.2) is 6.29 Å². The molecule has 2 amide bonds. The highest BCUT2D eigenvalue weighted by molar-refractivity contribution is 5.94. The first-order chi connectivity index (χ1) is 12.5. The van der Waals surface area contributed by atoms with E-state index in [0.29, 0.717) is 37.3 Å². The van der Waals surface area contributed by atoms with Crippen molar-refractivity contribution in [2.45, 2.75) is 33.0 Å². The Balaban J connectivity index is 1.82. The summed E-state index contributed by atoms with van der Waals surface area (Å²) in [6.07, 6.45) is 2.22. The summed E-state index contributed by atoms with van der Waals surface area (Å²) in [6, 6.07) is 3.84. The number of fused-ring (bicyclic) bond motifs is 1. The zero-order chi connectivity index (χ0) is 19.1. The van der Waals surface area contributed by atoms with E-state index in [9.17, 15) is 9.59 Å². The van der Waals surface area contributed by atoms with Crippen molar-refractivity contribution < 1.29 is 19.1 Å². The smallest absolute Gasteiger partial charge is 0.270 e. The zero-order valence-electron chi connectivity index (χ0n) is 15.7. The summed E-state index contributed by atoms with van der Waals surface area (Å²) >= 11 is 0. The van der Waals surface area contributed by atoms with Gasteiger partial charge in [-0.15, -0.1) is 0 Å². The quantitative estimate of drug-likeness (QED) is 0.516. The second kappa shape index (κ2) is 9.30. The highest BCUT2D eigenvalue weighted by atomic mass is 16.7. The molecule has 2 rings (SSSR count). The van der Waals surface area contributed by atoms with Crippen LogP contribution in [0.3, 0.4) is 0 Å². The molecule has 0 saturated carbocycles. The maximum absolute atomic E-state index is 12.5. The molecule has 2 N–H and O–H groups in total. The molecule has 0 fully saturated rings. The van der Waals surface area contributed by atoms with Gasteiger partial charge in [-0.1, -0.05) is 6.07 Å². The molecule has 0 atom stereocenters. The van der Waals surface area contributed by atoms with Crippen LogP contribution in [0.15, 0.2) is 18.3 Å². The predicted octanol–water partition coefficient (Wildman–Crippen LogP) is 1.20. The molecular weight excluding hydrogens is 336 g/mol. The van der Waals surface area contributed by atoms with E-state index in [1.807, 2.05) is 32.2 Å². The molecule has 2 aromatic heterocycles. The van der Waals surface area contributed by atoms with Gasteiger partial charge in [-0.05, 0) is 31.9 Å². The van der Waals surface area contributed by atoms with Gasteiger partial charge in [0.2, 0.25) is 5.91 Å². The third-order valence-corrected chi connectivity index (χ3v) is 4.09. The van der Waals surface area contributed by atoms with Gasteiger partial charge in [0.1, 0.15) is 11.3 Å². The monoisotopic (exact) mass is 362 g/mol. The lowest BCUT2D eigenvalue weighted by Crippen LogP contribution is -2.34. The number of carbonyl (C=O) groups is 2. The second-order valence-electron chi connectivity index (χ2n) is 6.00. The number of aromatic nitrogens is 2. The number of nitrogens with one attached hydrogen (secondary N) is 2. The van der Waals surface area contributed by atoms with Crippen molar-refractivity contribution in [2.24, 2.45) is 0 Å². The van der Waals surface area contributed by atoms with Crippen molar-refractivity contribution in [1.82, 2.24) is 20.0 Å². The fraction of sp³-hybridized carbons (Fsp3) is 0.500.